The quantitative estimate of drug-likeness (QED) is 0.503. The van der Waals surface area contributed by atoms with Crippen LogP contribution in [0.25, 0.3) is 0 Å². The molecule has 1 aliphatic heterocycles. The monoisotopic (exact) mass is 422 g/mol. The summed E-state index contributed by atoms with van der Waals surface area (Å²) in [7, 11) is 0. The standard InChI is InChI=1S/C19H17F3N4O2S/c20-19(21,22)28-17-1-3-18(4-2-17)29-26-7-5-16(6-8-26)25-27-13-15-9-14(10-23)11-24-12-15/h1-4,9,11-12H,5-8,13H2. The molecule has 0 atom stereocenters. The molecule has 0 aliphatic carbocycles. The first-order valence-electron chi connectivity index (χ1n) is 8.72. The molecule has 1 saturated heterocycles. The SMILES string of the molecule is N#Cc1cncc(CON=C2CCN(Sc3ccc(OC(F)(F)F)cc3)CC2)c1. The van der Waals surface area contributed by atoms with Crippen LogP contribution in [0.15, 0.2) is 52.8 Å². The van der Waals surface area contributed by atoms with Gasteiger partial charge in [-0.15, -0.1) is 13.2 Å². The highest BCUT2D eigenvalue weighted by molar-refractivity contribution is 7.97. The van der Waals surface area contributed by atoms with Gasteiger partial charge in [-0.3, -0.25) is 4.98 Å². The maximum atomic E-state index is 12.2. The fourth-order valence-electron chi connectivity index (χ4n) is 2.60. The number of alkyl halides is 3. The Hall–Kier alpha value is -2.77. The number of piperidine rings is 1. The molecule has 0 amide bonds. The first-order valence-corrected chi connectivity index (χ1v) is 9.49. The lowest BCUT2D eigenvalue weighted by Gasteiger charge is -2.26. The van der Waals surface area contributed by atoms with Crippen LogP contribution < -0.4 is 4.74 Å². The number of ether oxygens (including phenoxy) is 1. The summed E-state index contributed by atoms with van der Waals surface area (Å²) in [5.41, 5.74) is 2.20. The highest BCUT2D eigenvalue weighted by Gasteiger charge is 2.31. The van der Waals surface area contributed by atoms with Crippen molar-refractivity contribution in [2.45, 2.75) is 30.7 Å². The molecule has 0 saturated carbocycles. The second kappa shape index (κ2) is 9.62. The maximum absolute atomic E-state index is 12.2. The van der Waals surface area contributed by atoms with Crippen LogP contribution in [-0.4, -0.2) is 34.5 Å². The van der Waals surface area contributed by atoms with Gasteiger partial charge in [0.1, 0.15) is 18.4 Å². The summed E-state index contributed by atoms with van der Waals surface area (Å²) in [5, 5.41) is 13.0. The van der Waals surface area contributed by atoms with Crippen LogP contribution in [0.4, 0.5) is 13.2 Å². The Morgan fingerprint density at radius 1 is 1.17 bits per heavy atom. The fraction of sp³-hybridized carbons (Fsp3) is 0.316. The molecule has 3 rings (SSSR count). The van der Waals surface area contributed by atoms with Gasteiger partial charge in [0, 0.05) is 48.8 Å². The Balaban J connectivity index is 1.43. The third-order valence-corrected chi connectivity index (χ3v) is 5.05. The van der Waals surface area contributed by atoms with Gasteiger partial charge in [0.05, 0.1) is 11.3 Å². The molecule has 29 heavy (non-hydrogen) atoms. The topological polar surface area (TPSA) is 70.7 Å². The van der Waals surface area contributed by atoms with E-state index in [1.165, 1.54) is 30.3 Å². The lowest BCUT2D eigenvalue weighted by molar-refractivity contribution is -0.274. The van der Waals surface area contributed by atoms with Crippen LogP contribution >= 0.6 is 11.9 Å². The molecule has 1 aromatic heterocycles. The number of nitriles is 1. The number of pyridine rings is 1. The maximum Gasteiger partial charge on any atom is 0.573 e. The smallest absolute Gasteiger partial charge is 0.406 e. The van der Waals surface area contributed by atoms with E-state index < -0.39 is 6.36 Å². The first kappa shape index (κ1) is 21.0. The van der Waals surface area contributed by atoms with Crippen LogP contribution in [0, 0.1) is 11.3 Å². The number of nitrogens with zero attached hydrogens (tertiary/aromatic N) is 4. The highest BCUT2D eigenvalue weighted by Crippen LogP contribution is 2.29. The van der Waals surface area contributed by atoms with Gasteiger partial charge in [-0.2, -0.15) is 5.26 Å². The van der Waals surface area contributed by atoms with Crippen molar-refractivity contribution in [2.24, 2.45) is 5.16 Å². The molecule has 152 valence electrons. The van der Waals surface area contributed by atoms with E-state index in [0.717, 1.165) is 42.1 Å². The molecule has 10 heteroatoms. The van der Waals surface area contributed by atoms with Crippen LogP contribution in [0.1, 0.15) is 24.0 Å². The van der Waals surface area contributed by atoms with E-state index in [9.17, 15) is 13.2 Å². The van der Waals surface area contributed by atoms with Crippen molar-refractivity contribution in [1.29, 1.82) is 5.26 Å². The molecule has 6 nitrogen and oxygen atoms in total. The predicted molar refractivity (Wildman–Crippen MR) is 101 cm³/mol. The average Bonchev–Trinajstić information content (AvgIpc) is 2.70. The first-order chi connectivity index (χ1) is 13.9. The molecular formula is C19H17F3N4O2S. The average molecular weight is 422 g/mol. The van der Waals surface area contributed by atoms with Crippen LogP contribution in [-0.2, 0) is 11.4 Å². The summed E-state index contributed by atoms with van der Waals surface area (Å²) in [6.45, 7) is 1.75. The van der Waals surface area contributed by atoms with E-state index in [4.69, 9.17) is 10.1 Å². The number of benzene rings is 1. The van der Waals surface area contributed by atoms with E-state index in [0.29, 0.717) is 5.56 Å². The minimum atomic E-state index is -4.69. The summed E-state index contributed by atoms with van der Waals surface area (Å²) >= 11 is 1.48. The van der Waals surface area contributed by atoms with Crippen LogP contribution in [0.2, 0.25) is 0 Å². The lowest BCUT2D eigenvalue weighted by Crippen LogP contribution is -2.28. The minimum absolute atomic E-state index is 0.234. The molecule has 0 bridgehead atoms. The van der Waals surface area contributed by atoms with Crippen molar-refractivity contribution in [2.75, 3.05) is 13.1 Å². The molecule has 2 heterocycles. The molecular weight excluding hydrogens is 405 g/mol. The Morgan fingerprint density at radius 3 is 2.55 bits per heavy atom. The van der Waals surface area contributed by atoms with Gasteiger partial charge in [-0.1, -0.05) is 5.16 Å². The molecule has 0 spiro atoms. The van der Waals surface area contributed by atoms with Crippen LogP contribution in [0.5, 0.6) is 5.75 Å². The summed E-state index contributed by atoms with van der Waals surface area (Å²) in [5.74, 6) is -0.234. The van der Waals surface area contributed by atoms with E-state index in [1.807, 2.05) is 6.07 Å². The van der Waals surface area contributed by atoms with Crippen molar-refractivity contribution in [3.8, 4) is 11.8 Å². The second-order valence-electron chi connectivity index (χ2n) is 6.16. The normalized spacial score (nSPS) is 14.9. The van der Waals surface area contributed by atoms with Gasteiger partial charge in [-0.25, -0.2) is 4.31 Å². The van der Waals surface area contributed by atoms with Crippen molar-refractivity contribution in [1.82, 2.24) is 9.29 Å². The molecule has 2 aromatic rings. The number of hydrogen-bond acceptors (Lipinski definition) is 7. The lowest BCUT2D eigenvalue weighted by atomic mass is 10.1. The van der Waals surface area contributed by atoms with Gasteiger partial charge in [0.15, 0.2) is 0 Å². The third-order valence-electron chi connectivity index (χ3n) is 3.94. The second-order valence-corrected chi connectivity index (χ2v) is 7.33. The number of oxime groups is 1. The van der Waals surface area contributed by atoms with Gasteiger partial charge in [0.2, 0.25) is 0 Å². The molecule has 1 aliphatic rings. The van der Waals surface area contributed by atoms with Gasteiger partial charge >= 0.3 is 6.36 Å². The zero-order valence-electron chi connectivity index (χ0n) is 15.2. The Morgan fingerprint density at radius 2 is 1.90 bits per heavy atom. The number of hydrogen-bond donors (Lipinski definition) is 0. The van der Waals surface area contributed by atoms with Crippen LogP contribution in [0.3, 0.4) is 0 Å². The van der Waals surface area contributed by atoms with E-state index in [-0.39, 0.29) is 12.4 Å². The molecule has 0 unspecified atom stereocenters. The van der Waals surface area contributed by atoms with Gasteiger partial charge < -0.3 is 9.57 Å². The number of rotatable bonds is 6. The molecule has 0 radical (unpaired) electrons. The van der Waals surface area contributed by atoms with E-state index in [1.54, 1.807) is 24.4 Å². The zero-order valence-corrected chi connectivity index (χ0v) is 16.0. The van der Waals surface area contributed by atoms with Crippen molar-refractivity contribution in [3.63, 3.8) is 0 Å². The van der Waals surface area contributed by atoms with E-state index in [2.05, 4.69) is 19.2 Å². The molecule has 0 N–H and O–H groups in total. The summed E-state index contributed by atoms with van der Waals surface area (Å²) in [6.07, 6.45) is -0.100. The molecule has 1 fully saturated rings. The Kier molecular flexibility index (Phi) is 6.95. The summed E-state index contributed by atoms with van der Waals surface area (Å²) < 4.78 is 42.6. The van der Waals surface area contributed by atoms with Crippen molar-refractivity contribution < 1.29 is 22.7 Å². The van der Waals surface area contributed by atoms with Crippen molar-refractivity contribution >= 4 is 17.7 Å². The number of aromatic nitrogens is 1. The Labute approximate surface area is 170 Å². The van der Waals surface area contributed by atoms with Gasteiger partial charge in [-0.05, 0) is 42.3 Å². The minimum Gasteiger partial charge on any atom is -0.406 e. The zero-order chi connectivity index (χ0) is 20.7. The van der Waals surface area contributed by atoms with E-state index >= 15 is 0 Å². The largest absolute Gasteiger partial charge is 0.573 e. The number of halogens is 3. The third kappa shape index (κ3) is 6.96. The Bertz CT molecular complexity index is 888. The van der Waals surface area contributed by atoms with Gasteiger partial charge in [0.25, 0.3) is 0 Å². The molecule has 1 aromatic carbocycles. The summed E-state index contributed by atoms with van der Waals surface area (Å²) in [6, 6.07) is 9.53. The van der Waals surface area contributed by atoms with Crippen molar-refractivity contribution in [3.05, 3.63) is 53.9 Å². The summed E-state index contributed by atoms with van der Waals surface area (Å²) in [4.78, 5) is 10.2. The fourth-order valence-corrected chi connectivity index (χ4v) is 3.52. The highest BCUT2D eigenvalue weighted by atomic mass is 32.2. The predicted octanol–water partition coefficient (Wildman–Crippen LogP) is 4.53.